The van der Waals surface area contributed by atoms with E-state index in [1.54, 1.807) is 24.3 Å². The average molecular weight is 349 g/mol. The molecule has 0 saturated heterocycles. The number of hydrogen-bond acceptors (Lipinski definition) is 4. The Labute approximate surface area is 143 Å². The Balaban J connectivity index is 2.10. The van der Waals surface area contributed by atoms with Crippen LogP contribution in [0.2, 0.25) is 0 Å². The van der Waals surface area contributed by atoms with Crippen LogP contribution in [-0.4, -0.2) is 19.2 Å². The lowest BCUT2D eigenvalue weighted by Gasteiger charge is -2.19. The van der Waals surface area contributed by atoms with Crippen molar-refractivity contribution < 1.29 is 27.8 Å². The fourth-order valence-electron chi connectivity index (χ4n) is 2.23. The number of esters is 1. The van der Waals surface area contributed by atoms with Gasteiger partial charge in [0, 0.05) is 5.56 Å². The maximum Gasteiger partial charge on any atom is 0.407 e. The van der Waals surface area contributed by atoms with E-state index < -0.39 is 41.7 Å². The van der Waals surface area contributed by atoms with Crippen LogP contribution >= 0.6 is 0 Å². The Morgan fingerprint density at radius 3 is 2.28 bits per heavy atom. The smallest absolute Gasteiger partial charge is 0.407 e. The summed E-state index contributed by atoms with van der Waals surface area (Å²) < 4.78 is 37.5. The molecule has 0 aliphatic heterocycles. The highest BCUT2D eigenvalue weighted by molar-refractivity contribution is 5.73. The summed E-state index contributed by atoms with van der Waals surface area (Å²) in [5.41, 5.74) is 0.323. The van der Waals surface area contributed by atoms with Crippen molar-refractivity contribution in [1.82, 2.24) is 5.32 Å². The van der Waals surface area contributed by atoms with Crippen molar-refractivity contribution in [2.75, 3.05) is 7.11 Å². The van der Waals surface area contributed by atoms with Crippen LogP contribution in [0.5, 0.6) is 0 Å². The maximum absolute atomic E-state index is 14.0. The molecule has 2 aromatic carbocycles. The van der Waals surface area contributed by atoms with E-state index in [0.29, 0.717) is 0 Å². The summed E-state index contributed by atoms with van der Waals surface area (Å²) in [5, 5.41) is 2.31. The quantitative estimate of drug-likeness (QED) is 0.811. The first kappa shape index (κ1) is 18.4. The molecule has 0 aliphatic rings. The highest BCUT2D eigenvalue weighted by atomic mass is 19.1. The predicted molar refractivity (Wildman–Crippen MR) is 85.5 cm³/mol. The molecule has 1 N–H and O–H groups in total. The first-order valence-corrected chi connectivity index (χ1v) is 7.49. The highest BCUT2D eigenvalue weighted by Crippen LogP contribution is 2.24. The molecule has 1 amide bonds. The Hall–Kier alpha value is -2.96. The average Bonchev–Trinajstić information content (AvgIpc) is 2.60. The van der Waals surface area contributed by atoms with E-state index in [-0.39, 0.29) is 6.61 Å². The molecule has 0 aromatic heterocycles. The van der Waals surface area contributed by atoms with Crippen molar-refractivity contribution in [3.63, 3.8) is 0 Å². The molecule has 0 spiro atoms. The number of carbonyl (C=O) groups is 2. The van der Waals surface area contributed by atoms with Gasteiger partial charge < -0.3 is 14.8 Å². The number of hydrogen-bond donors (Lipinski definition) is 1. The number of halogens is 2. The molecule has 132 valence electrons. The van der Waals surface area contributed by atoms with Crippen molar-refractivity contribution >= 4 is 12.1 Å². The molecule has 5 nitrogen and oxygen atoms in total. The second kappa shape index (κ2) is 8.77. The summed E-state index contributed by atoms with van der Waals surface area (Å²) in [6, 6.07) is 10.9. The molecular formula is C18H17F2NO4. The monoisotopic (exact) mass is 349 g/mol. The summed E-state index contributed by atoms with van der Waals surface area (Å²) in [6.07, 6.45) is -1.34. The lowest BCUT2D eigenvalue weighted by atomic mass is 10.0. The zero-order valence-electron chi connectivity index (χ0n) is 13.5. The van der Waals surface area contributed by atoms with Crippen LogP contribution in [0.4, 0.5) is 13.6 Å². The van der Waals surface area contributed by atoms with Gasteiger partial charge in [-0.25, -0.2) is 13.6 Å². The molecule has 7 heteroatoms. The highest BCUT2D eigenvalue weighted by Gasteiger charge is 2.25. The number of alkyl carbamates (subject to hydrolysis) is 1. The third kappa shape index (κ3) is 5.27. The molecule has 0 radical (unpaired) electrons. The maximum atomic E-state index is 14.0. The van der Waals surface area contributed by atoms with Crippen molar-refractivity contribution in [2.45, 2.75) is 19.1 Å². The Bertz CT molecular complexity index is 717. The molecule has 2 aromatic rings. The van der Waals surface area contributed by atoms with Gasteiger partial charge in [-0.15, -0.1) is 0 Å². The van der Waals surface area contributed by atoms with Gasteiger partial charge in [0.05, 0.1) is 19.6 Å². The largest absolute Gasteiger partial charge is 0.469 e. The van der Waals surface area contributed by atoms with E-state index in [4.69, 9.17) is 4.74 Å². The number of nitrogens with one attached hydrogen (secondary N) is 1. The van der Waals surface area contributed by atoms with E-state index in [2.05, 4.69) is 10.1 Å². The number of amides is 1. The second-order valence-corrected chi connectivity index (χ2v) is 5.17. The SMILES string of the molecule is COC(=O)CC(NC(=O)OCc1ccccc1)c1c(F)cccc1F. The van der Waals surface area contributed by atoms with Gasteiger partial charge in [-0.05, 0) is 17.7 Å². The van der Waals surface area contributed by atoms with E-state index in [1.807, 2.05) is 6.07 Å². The molecule has 1 atom stereocenters. The Kier molecular flexibility index (Phi) is 6.45. The topological polar surface area (TPSA) is 64.6 Å². The summed E-state index contributed by atoms with van der Waals surface area (Å²) in [7, 11) is 1.14. The number of benzene rings is 2. The van der Waals surface area contributed by atoms with Crippen LogP contribution in [-0.2, 0) is 20.9 Å². The van der Waals surface area contributed by atoms with Gasteiger partial charge in [0.2, 0.25) is 0 Å². The van der Waals surface area contributed by atoms with E-state index >= 15 is 0 Å². The molecule has 0 saturated carbocycles. The van der Waals surface area contributed by atoms with Crippen LogP contribution in [0.3, 0.4) is 0 Å². The van der Waals surface area contributed by atoms with E-state index in [0.717, 1.165) is 24.8 Å². The predicted octanol–water partition coefficient (Wildman–Crippen LogP) is 3.50. The number of rotatable bonds is 6. The van der Waals surface area contributed by atoms with Crippen LogP contribution in [0.1, 0.15) is 23.6 Å². The van der Waals surface area contributed by atoms with Crippen molar-refractivity contribution in [3.05, 3.63) is 71.3 Å². The van der Waals surface area contributed by atoms with E-state index in [9.17, 15) is 18.4 Å². The van der Waals surface area contributed by atoms with Gasteiger partial charge in [0.1, 0.15) is 18.2 Å². The van der Waals surface area contributed by atoms with Gasteiger partial charge in [0.25, 0.3) is 0 Å². The minimum absolute atomic E-state index is 0.0165. The van der Waals surface area contributed by atoms with E-state index in [1.165, 1.54) is 6.07 Å². The third-order valence-electron chi connectivity index (χ3n) is 3.45. The minimum Gasteiger partial charge on any atom is -0.469 e. The number of ether oxygens (including phenoxy) is 2. The molecule has 25 heavy (non-hydrogen) atoms. The molecule has 0 aliphatic carbocycles. The summed E-state index contributed by atoms with van der Waals surface area (Å²) in [5.74, 6) is -2.48. The summed E-state index contributed by atoms with van der Waals surface area (Å²) in [6.45, 7) is -0.0165. The molecule has 0 bridgehead atoms. The van der Waals surface area contributed by atoms with Crippen molar-refractivity contribution in [1.29, 1.82) is 0 Å². The zero-order chi connectivity index (χ0) is 18.2. The fourth-order valence-corrected chi connectivity index (χ4v) is 2.23. The Morgan fingerprint density at radius 1 is 1.04 bits per heavy atom. The van der Waals surface area contributed by atoms with Crippen LogP contribution in [0.25, 0.3) is 0 Å². The first-order chi connectivity index (χ1) is 12.0. The van der Waals surface area contributed by atoms with Crippen LogP contribution in [0, 0.1) is 11.6 Å². The number of carbonyl (C=O) groups excluding carboxylic acids is 2. The van der Waals surface area contributed by atoms with Gasteiger partial charge in [0.15, 0.2) is 0 Å². The lowest BCUT2D eigenvalue weighted by Crippen LogP contribution is -2.32. The first-order valence-electron chi connectivity index (χ1n) is 7.49. The van der Waals surface area contributed by atoms with Gasteiger partial charge in [-0.3, -0.25) is 4.79 Å². The van der Waals surface area contributed by atoms with Crippen LogP contribution in [0.15, 0.2) is 48.5 Å². The summed E-state index contributed by atoms with van der Waals surface area (Å²) in [4.78, 5) is 23.5. The summed E-state index contributed by atoms with van der Waals surface area (Å²) >= 11 is 0. The molecule has 0 heterocycles. The van der Waals surface area contributed by atoms with Crippen LogP contribution < -0.4 is 5.32 Å². The number of methoxy groups -OCH3 is 1. The third-order valence-corrected chi connectivity index (χ3v) is 3.45. The molecule has 2 rings (SSSR count). The van der Waals surface area contributed by atoms with Crippen molar-refractivity contribution in [2.24, 2.45) is 0 Å². The van der Waals surface area contributed by atoms with Gasteiger partial charge in [-0.1, -0.05) is 36.4 Å². The normalized spacial score (nSPS) is 11.5. The fraction of sp³-hybridized carbons (Fsp3) is 0.222. The van der Waals surface area contributed by atoms with Gasteiger partial charge >= 0.3 is 12.1 Å². The zero-order valence-corrected chi connectivity index (χ0v) is 13.5. The Morgan fingerprint density at radius 2 is 1.68 bits per heavy atom. The standard InChI is InChI=1S/C18H17F2NO4/c1-24-16(22)10-15(17-13(19)8-5-9-14(17)20)21-18(23)25-11-12-6-3-2-4-7-12/h2-9,15H,10-11H2,1H3,(H,21,23). The lowest BCUT2D eigenvalue weighted by molar-refractivity contribution is -0.141. The molecule has 0 fully saturated rings. The molecular weight excluding hydrogens is 332 g/mol. The minimum atomic E-state index is -1.25. The van der Waals surface area contributed by atoms with Crippen molar-refractivity contribution in [3.8, 4) is 0 Å². The van der Waals surface area contributed by atoms with Gasteiger partial charge in [-0.2, -0.15) is 0 Å². The molecule has 1 unspecified atom stereocenters. The second-order valence-electron chi connectivity index (χ2n) is 5.17.